The quantitative estimate of drug-likeness (QED) is 0.587. The van der Waals surface area contributed by atoms with Crippen molar-refractivity contribution in [3.05, 3.63) is 42.1 Å². The van der Waals surface area contributed by atoms with Gasteiger partial charge in [0.15, 0.2) is 0 Å². The number of ether oxygens (including phenoxy) is 1. The largest absolute Gasteiger partial charge is 0.493 e. The molecule has 0 fully saturated rings. The number of nitrogens with one attached hydrogen (secondary N) is 1. The average Bonchev–Trinajstić information content (AvgIpc) is 2.93. The van der Waals surface area contributed by atoms with E-state index in [1.54, 1.807) is 0 Å². The van der Waals surface area contributed by atoms with Gasteiger partial charge in [0.05, 0.1) is 12.1 Å². The zero-order valence-corrected chi connectivity index (χ0v) is 14.3. The molecule has 0 unspecified atom stereocenters. The minimum absolute atomic E-state index is 0.0263. The second-order valence-corrected chi connectivity index (χ2v) is 5.44. The third-order valence-corrected chi connectivity index (χ3v) is 3.78. The predicted molar refractivity (Wildman–Crippen MR) is 95.2 cm³/mol. The molecule has 0 atom stereocenters. The summed E-state index contributed by atoms with van der Waals surface area (Å²) in [6.45, 7) is 8.05. The molecule has 0 radical (unpaired) electrons. The Kier molecular flexibility index (Phi) is 6.27. The highest BCUT2D eigenvalue weighted by molar-refractivity contribution is 6.00. The summed E-state index contributed by atoms with van der Waals surface area (Å²) in [5, 5.41) is 3.99. The first kappa shape index (κ1) is 17.1. The number of unbranched alkanes of at least 4 members (excludes halogenated alkanes) is 1. The van der Waals surface area contributed by atoms with Crippen molar-refractivity contribution in [2.45, 2.75) is 40.2 Å². The highest BCUT2D eigenvalue weighted by Crippen LogP contribution is 2.29. The minimum atomic E-state index is -0.0263. The topological polar surface area (TPSA) is 43.3 Å². The van der Waals surface area contributed by atoms with Crippen molar-refractivity contribution in [2.24, 2.45) is 0 Å². The van der Waals surface area contributed by atoms with Crippen LogP contribution in [0.25, 0.3) is 10.9 Å². The molecule has 124 valence electrons. The Hall–Kier alpha value is -2.23. The molecule has 1 heterocycles. The Bertz CT molecular complexity index is 686. The molecule has 2 aromatic rings. The molecule has 1 aromatic carbocycles. The van der Waals surface area contributed by atoms with Crippen LogP contribution in [0.5, 0.6) is 5.75 Å². The van der Waals surface area contributed by atoms with Gasteiger partial charge in [0, 0.05) is 18.5 Å². The van der Waals surface area contributed by atoms with Crippen LogP contribution in [0.15, 0.2) is 36.4 Å². The Morgan fingerprint density at radius 2 is 2.17 bits per heavy atom. The molecule has 2 rings (SSSR count). The van der Waals surface area contributed by atoms with E-state index in [9.17, 15) is 4.79 Å². The Morgan fingerprint density at radius 1 is 1.35 bits per heavy atom. The summed E-state index contributed by atoms with van der Waals surface area (Å²) in [6.07, 6.45) is 6.11. The number of hydrogen-bond donors (Lipinski definition) is 1. The van der Waals surface area contributed by atoms with E-state index < -0.39 is 0 Å². The maximum atomic E-state index is 12.5. The number of aromatic nitrogens is 1. The van der Waals surface area contributed by atoms with Gasteiger partial charge in [0.2, 0.25) is 0 Å². The van der Waals surface area contributed by atoms with Gasteiger partial charge in [-0.25, -0.2) is 0 Å². The lowest BCUT2D eigenvalue weighted by atomic mass is 10.2. The highest BCUT2D eigenvalue weighted by Gasteiger charge is 2.16. The molecule has 0 aliphatic rings. The number of hydrogen-bond acceptors (Lipinski definition) is 2. The van der Waals surface area contributed by atoms with Gasteiger partial charge < -0.3 is 14.6 Å². The van der Waals surface area contributed by atoms with E-state index >= 15 is 0 Å². The Morgan fingerprint density at radius 3 is 2.87 bits per heavy atom. The molecular formula is C19H26N2O2. The van der Waals surface area contributed by atoms with Crippen LogP contribution in [0.4, 0.5) is 0 Å². The first-order chi connectivity index (χ1) is 11.2. The maximum Gasteiger partial charge on any atom is 0.267 e. The van der Waals surface area contributed by atoms with Crippen LogP contribution in [-0.2, 0) is 6.54 Å². The molecule has 0 bridgehead atoms. The van der Waals surface area contributed by atoms with Crippen LogP contribution in [0.3, 0.4) is 0 Å². The number of fused-ring (bicyclic) bond motifs is 1. The number of allylic oxidation sites excluding steroid dienone is 2. The van der Waals surface area contributed by atoms with E-state index in [0.29, 0.717) is 25.4 Å². The molecular weight excluding hydrogens is 288 g/mol. The van der Waals surface area contributed by atoms with E-state index in [4.69, 9.17) is 4.74 Å². The number of carbonyl (C=O) groups excluding carboxylic acids is 1. The number of benzene rings is 1. The number of carbonyl (C=O) groups is 1. The summed E-state index contributed by atoms with van der Waals surface area (Å²) in [7, 11) is 0. The molecule has 0 aliphatic heterocycles. The van der Waals surface area contributed by atoms with Crippen molar-refractivity contribution < 1.29 is 9.53 Å². The summed E-state index contributed by atoms with van der Waals surface area (Å²) in [4.78, 5) is 12.5. The second-order valence-electron chi connectivity index (χ2n) is 5.44. The fourth-order valence-corrected chi connectivity index (χ4v) is 2.60. The summed E-state index contributed by atoms with van der Waals surface area (Å²) in [5.74, 6) is 0.799. The zero-order valence-electron chi connectivity index (χ0n) is 14.3. The third kappa shape index (κ3) is 3.95. The van der Waals surface area contributed by atoms with Crippen LogP contribution in [0.1, 0.15) is 44.1 Å². The lowest BCUT2D eigenvalue weighted by Crippen LogP contribution is -2.26. The highest BCUT2D eigenvalue weighted by atomic mass is 16.5. The van der Waals surface area contributed by atoms with Crippen LogP contribution in [0, 0.1) is 0 Å². The first-order valence-corrected chi connectivity index (χ1v) is 8.37. The van der Waals surface area contributed by atoms with Crippen LogP contribution in [0.2, 0.25) is 0 Å². The van der Waals surface area contributed by atoms with Gasteiger partial charge in [-0.3, -0.25) is 4.79 Å². The van der Waals surface area contributed by atoms with E-state index in [2.05, 4.69) is 18.3 Å². The van der Waals surface area contributed by atoms with E-state index in [-0.39, 0.29) is 5.91 Å². The summed E-state index contributed by atoms with van der Waals surface area (Å²) in [6, 6.07) is 7.89. The zero-order chi connectivity index (χ0) is 16.7. The maximum absolute atomic E-state index is 12.5. The van der Waals surface area contributed by atoms with Gasteiger partial charge in [-0.2, -0.15) is 0 Å². The van der Waals surface area contributed by atoms with Gasteiger partial charge >= 0.3 is 0 Å². The fraction of sp³-hybridized carbons (Fsp3) is 0.421. The summed E-state index contributed by atoms with van der Waals surface area (Å²) in [5.41, 5.74) is 1.70. The molecule has 0 saturated carbocycles. The molecule has 0 saturated heterocycles. The lowest BCUT2D eigenvalue weighted by Gasteiger charge is -2.09. The van der Waals surface area contributed by atoms with E-state index in [0.717, 1.165) is 29.5 Å². The van der Waals surface area contributed by atoms with E-state index in [1.165, 1.54) is 0 Å². The Labute approximate surface area is 138 Å². The monoisotopic (exact) mass is 314 g/mol. The molecule has 1 aromatic heterocycles. The fourth-order valence-electron chi connectivity index (χ4n) is 2.60. The van der Waals surface area contributed by atoms with Gasteiger partial charge in [-0.05, 0) is 38.5 Å². The SMILES string of the molecule is C/C=C\Cn1c(C(=O)NCCCC)cc2c(OCC)cccc21. The Balaban J connectivity index is 2.44. The summed E-state index contributed by atoms with van der Waals surface area (Å²) >= 11 is 0. The molecule has 23 heavy (non-hydrogen) atoms. The summed E-state index contributed by atoms with van der Waals surface area (Å²) < 4.78 is 7.75. The van der Waals surface area contributed by atoms with Gasteiger partial charge in [-0.15, -0.1) is 0 Å². The van der Waals surface area contributed by atoms with Crippen molar-refractivity contribution >= 4 is 16.8 Å². The lowest BCUT2D eigenvalue weighted by molar-refractivity contribution is 0.0945. The standard InChI is InChI=1S/C19H26N2O2/c1-4-7-12-20-19(22)17-14-15-16(21(17)13-8-5-2)10-9-11-18(15)23-6-3/h5,8-11,14H,4,6-7,12-13H2,1-3H3,(H,20,22)/b8-5-. The van der Waals surface area contributed by atoms with Crippen molar-refractivity contribution in [3.8, 4) is 5.75 Å². The molecule has 1 amide bonds. The van der Waals surface area contributed by atoms with Crippen molar-refractivity contribution in [1.82, 2.24) is 9.88 Å². The van der Waals surface area contributed by atoms with Crippen LogP contribution in [-0.4, -0.2) is 23.6 Å². The smallest absolute Gasteiger partial charge is 0.267 e. The average molecular weight is 314 g/mol. The molecule has 4 nitrogen and oxygen atoms in total. The second kappa shape index (κ2) is 8.42. The minimum Gasteiger partial charge on any atom is -0.493 e. The number of nitrogens with zero attached hydrogens (tertiary/aromatic N) is 1. The van der Waals surface area contributed by atoms with Crippen molar-refractivity contribution in [3.63, 3.8) is 0 Å². The number of rotatable bonds is 8. The molecule has 0 aliphatic carbocycles. The molecule has 0 spiro atoms. The predicted octanol–water partition coefficient (Wildman–Crippen LogP) is 4.15. The molecule has 4 heteroatoms. The van der Waals surface area contributed by atoms with Crippen LogP contribution < -0.4 is 10.1 Å². The normalized spacial score (nSPS) is 11.3. The van der Waals surface area contributed by atoms with Gasteiger partial charge in [0.1, 0.15) is 11.4 Å². The molecule has 1 N–H and O–H groups in total. The first-order valence-electron chi connectivity index (χ1n) is 8.37. The van der Waals surface area contributed by atoms with Crippen molar-refractivity contribution in [2.75, 3.05) is 13.2 Å². The van der Waals surface area contributed by atoms with Gasteiger partial charge in [0.25, 0.3) is 5.91 Å². The third-order valence-electron chi connectivity index (χ3n) is 3.78. The number of amides is 1. The van der Waals surface area contributed by atoms with Gasteiger partial charge in [-0.1, -0.05) is 31.6 Å². The van der Waals surface area contributed by atoms with Crippen molar-refractivity contribution in [1.29, 1.82) is 0 Å². The van der Waals surface area contributed by atoms with E-state index in [1.807, 2.05) is 48.8 Å². The van der Waals surface area contributed by atoms with Crippen LogP contribution >= 0.6 is 0 Å².